The number of nitrogens with one attached hydrogen (secondary N) is 1. The molecule has 4 rings (SSSR count). The molecule has 0 spiro atoms. The molecule has 1 saturated heterocycles. The van der Waals surface area contributed by atoms with Gasteiger partial charge in [-0.1, -0.05) is 24.3 Å². The maximum Gasteiger partial charge on any atom is 0.337 e. The molecule has 3 aromatic rings. The van der Waals surface area contributed by atoms with Crippen molar-refractivity contribution in [2.45, 2.75) is 32.6 Å². The third kappa shape index (κ3) is 5.12. The second-order valence-electron chi connectivity index (χ2n) is 9.10. The Bertz CT molecular complexity index is 1380. The standard InChI is InChI=1S/C27H31N3O4S/c1-18-8-9-20(3)24(16-18)28-35(33,34)26-11-10-22(17-23(26)27(31)32)29-12-14-30(15-13-29)25-7-5-6-19(2)21(25)4/h5-11,16-17,28H,12-15H2,1-4H3,(H,31,32). The third-order valence-corrected chi connectivity index (χ3v) is 8.11. The van der Waals surface area contributed by atoms with E-state index in [4.69, 9.17) is 0 Å². The van der Waals surface area contributed by atoms with E-state index in [2.05, 4.69) is 46.6 Å². The first-order valence-electron chi connectivity index (χ1n) is 11.6. The quantitative estimate of drug-likeness (QED) is 0.515. The van der Waals surface area contributed by atoms with Crippen LogP contribution < -0.4 is 14.5 Å². The average Bonchev–Trinajstić information content (AvgIpc) is 2.83. The summed E-state index contributed by atoms with van der Waals surface area (Å²) in [5, 5.41) is 9.84. The smallest absolute Gasteiger partial charge is 0.337 e. The fourth-order valence-corrected chi connectivity index (χ4v) is 5.75. The summed E-state index contributed by atoms with van der Waals surface area (Å²) in [5.74, 6) is -1.28. The van der Waals surface area contributed by atoms with Crippen LogP contribution in [0.2, 0.25) is 0 Å². The SMILES string of the molecule is Cc1ccc(C)c(NS(=O)(=O)c2ccc(N3CCN(c4cccc(C)c4C)CC3)cc2C(=O)O)c1. The molecule has 1 aliphatic heterocycles. The van der Waals surface area contributed by atoms with E-state index < -0.39 is 16.0 Å². The number of benzene rings is 3. The van der Waals surface area contributed by atoms with Crippen LogP contribution in [0.3, 0.4) is 0 Å². The molecule has 1 heterocycles. The summed E-state index contributed by atoms with van der Waals surface area (Å²) >= 11 is 0. The van der Waals surface area contributed by atoms with Gasteiger partial charge in [-0.25, -0.2) is 13.2 Å². The highest BCUT2D eigenvalue weighted by Crippen LogP contribution is 2.29. The van der Waals surface area contributed by atoms with Crippen LogP contribution in [0.15, 0.2) is 59.5 Å². The Morgan fingerprint density at radius 3 is 2.23 bits per heavy atom. The number of carbonyl (C=O) groups is 1. The van der Waals surface area contributed by atoms with Gasteiger partial charge in [-0.3, -0.25) is 4.72 Å². The van der Waals surface area contributed by atoms with Gasteiger partial charge in [0.2, 0.25) is 0 Å². The minimum atomic E-state index is -4.09. The molecule has 0 atom stereocenters. The number of piperazine rings is 1. The first kappa shape index (κ1) is 24.6. The summed E-state index contributed by atoms with van der Waals surface area (Å²) in [6.45, 7) is 10.9. The van der Waals surface area contributed by atoms with Crippen molar-refractivity contribution in [3.8, 4) is 0 Å². The number of anilines is 3. The van der Waals surface area contributed by atoms with E-state index in [1.807, 2.05) is 19.1 Å². The number of carboxylic acids is 1. The molecule has 0 saturated carbocycles. The molecule has 0 bridgehead atoms. The van der Waals surface area contributed by atoms with Crippen molar-refractivity contribution >= 4 is 33.1 Å². The van der Waals surface area contributed by atoms with Crippen molar-refractivity contribution in [3.63, 3.8) is 0 Å². The van der Waals surface area contributed by atoms with Gasteiger partial charge in [-0.05, 0) is 80.3 Å². The van der Waals surface area contributed by atoms with Gasteiger partial charge < -0.3 is 14.9 Å². The van der Waals surface area contributed by atoms with Gasteiger partial charge in [0.25, 0.3) is 10.0 Å². The molecule has 0 amide bonds. The van der Waals surface area contributed by atoms with Crippen molar-refractivity contribution in [1.82, 2.24) is 0 Å². The maximum absolute atomic E-state index is 13.1. The van der Waals surface area contributed by atoms with Gasteiger partial charge >= 0.3 is 5.97 Å². The summed E-state index contributed by atoms with van der Waals surface area (Å²) in [6, 6.07) is 16.3. The van der Waals surface area contributed by atoms with E-state index >= 15 is 0 Å². The largest absolute Gasteiger partial charge is 0.478 e. The zero-order chi connectivity index (χ0) is 25.3. The Balaban J connectivity index is 1.57. The van der Waals surface area contributed by atoms with Gasteiger partial charge in [0.05, 0.1) is 11.3 Å². The number of rotatable bonds is 6. The van der Waals surface area contributed by atoms with Crippen LogP contribution >= 0.6 is 0 Å². The van der Waals surface area contributed by atoms with Crippen LogP contribution in [0.4, 0.5) is 17.1 Å². The fraction of sp³-hybridized carbons (Fsp3) is 0.296. The highest BCUT2D eigenvalue weighted by Gasteiger charge is 2.26. The molecule has 184 valence electrons. The van der Waals surface area contributed by atoms with Gasteiger partial charge in [0, 0.05) is 37.6 Å². The van der Waals surface area contributed by atoms with E-state index in [1.165, 1.54) is 28.9 Å². The average molecular weight is 494 g/mol. The summed E-state index contributed by atoms with van der Waals surface area (Å²) in [5.41, 5.74) is 6.30. The van der Waals surface area contributed by atoms with Gasteiger partial charge in [-0.2, -0.15) is 0 Å². The second-order valence-corrected chi connectivity index (χ2v) is 10.8. The number of carboxylic acid groups (broad SMARTS) is 1. The molecule has 0 unspecified atom stereocenters. The van der Waals surface area contributed by atoms with Crippen molar-refractivity contribution < 1.29 is 18.3 Å². The van der Waals surface area contributed by atoms with Crippen LogP contribution in [0.25, 0.3) is 0 Å². The lowest BCUT2D eigenvalue weighted by Gasteiger charge is -2.38. The van der Waals surface area contributed by atoms with E-state index in [0.29, 0.717) is 24.5 Å². The Kier molecular flexibility index (Phi) is 6.76. The molecule has 0 radical (unpaired) electrons. The molecule has 3 aromatic carbocycles. The Morgan fingerprint density at radius 2 is 1.54 bits per heavy atom. The molecule has 0 aliphatic carbocycles. The van der Waals surface area contributed by atoms with E-state index in [1.54, 1.807) is 19.1 Å². The zero-order valence-electron chi connectivity index (χ0n) is 20.5. The molecule has 2 N–H and O–H groups in total. The highest BCUT2D eigenvalue weighted by atomic mass is 32.2. The van der Waals surface area contributed by atoms with Crippen molar-refractivity contribution in [3.05, 3.63) is 82.4 Å². The molecular weight excluding hydrogens is 462 g/mol. The Labute approximate surface area is 207 Å². The minimum Gasteiger partial charge on any atom is -0.478 e. The molecular formula is C27H31N3O4S. The molecule has 8 heteroatoms. The van der Waals surface area contributed by atoms with E-state index in [0.717, 1.165) is 24.2 Å². The molecule has 1 aliphatic rings. The van der Waals surface area contributed by atoms with Crippen molar-refractivity contribution in [2.24, 2.45) is 0 Å². The number of sulfonamides is 1. The van der Waals surface area contributed by atoms with Gasteiger partial charge in [0.1, 0.15) is 4.90 Å². The lowest BCUT2D eigenvalue weighted by atomic mass is 10.1. The lowest BCUT2D eigenvalue weighted by Crippen LogP contribution is -2.46. The molecule has 7 nitrogen and oxygen atoms in total. The van der Waals surface area contributed by atoms with Crippen molar-refractivity contribution in [1.29, 1.82) is 0 Å². The number of nitrogens with zero attached hydrogens (tertiary/aromatic N) is 2. The second kappa shape index (κ2) is 9.62. The zero-order valence-corrected chi connectivity index (χ0v) is 21.3. The van der Waals surface area contributed by atoms with Gasteiger partial charge in [0.15, 0.2) is 0 Å². The number of hydrogen-bond acceptors (Lipinski definition) is 5. The summed E-state index contributed by atoms with van der Waals surface area (Å²) in [6.07, 6.45) is 0. The predicted octanol–water partition coefficient (Wildman–Crippen LogP) is 4.75. The third-order valence-electron chi connectivity index (χ3n) is 6.68. The number of aromatic carboxylic acids is 1. The number of aryl methyl sites for hydroxylation is 3. The van der Waals surface area contributed by atoms with Crippen LogP contribution in [0.5, 0.6) is 0 Å². The van der Waals surface area contributed by atoms with E-state index in [9.17, 15) is 18.3 Å². The highest BCUT2D eigenvalue weighted by molar-refractivity contribution is 7.92. The Morgan fingerprint density at radius 1 is 0.857 bits per heavy atom. The predicted molar refractivity (Wildman–Crippen MR) is 140 cm³/mol. The van der Waals surface area contributed by atoms with Crippen LogP contribution in [0.1, 0.15) is 32.6 Å². The summed E-state index contributed by atoms with van der Waals surface area (Å²) in [7, 11) is -4.09. The van der Waals surface area contributed by atoms with Crippen LogP contribution in [-0.2, 0) is 10.0 Å². The maximum atomic E-state index is 13.1. The fourth-order valence-electron chi connectivity index (χ4n) is 4.45. The monoisotopic (exact) mass is 493 g/mol. The molecule has 0 aromatic heterocycles. The van der Waals surface area contributed by atoms with E-state index in [-0.39, 0.29) is 10.5 Å². The van der Waals surface area contributed by atoms with Crippen molar-refractivity contribution in [2.75, 3.05) is 40.7 Å². The van der Waals surface area contributed by atoms with Crippen LogP contribution in [-0.4, -0.2) is 45.7 Å². The normalized spacial score (nSPS) is 14.2. The summed E-state index contributed by atoms with van der Waals surface area (Å²) in [4.78, 5) is 16.3. The molecule has 1 fully saturated rings. The molecule has 35 heavy (non-hydrogen) atoms. The topological polar surface area (TPSA) is 90.0 Å². The Hall–Kier alpha value is -3.52. The van der Waals surface area contributed by atoms with Gasteiger partial charge in [-0.15, -0.1) is 0 Å². The van der Waals surface area contributed by atoms with Crippen LogP contribution in [0, 0.1) is 27.7 Å². The number of hydrogen-bond donors (Lipinski definition) is 2. The summed E-state index contributed by atoms with van der Waals surface area (Å²) < 4.78 is 28.8. The lowest BCUT2D eigenvalue weighted by molar-refractivity contribution is 0.0692. The minimum absolute atomic E-state index is 0.239. The first-order chi connectivity index (χ1) is 16.6. The first-order valence-corrected chi connectivity index (χ1v) is 13.1.